The third-order valence-electron chi connectivity index (χ3n) is 8.13. The van der Waals surface area contributed by atoms with Gasteiger partial charge in [0.15, 0.2) is 6.61 Å². The predicted octanol–water partition coefficient (Wildman–Crippen LogP) is 3.79. The molecule has 1 aromatic carbocycles. The minimum atomic E-state index is -0.737. The van der Waals surface area contributed by atoms with Crippen LogP contribution in [0.5, 0.6) is 5.75 Å². The number of amides is 2. The van der Waals surface area contributed by atoms with E-state index in [1.165, 1.54) is 0 Å². The monoisotopic (exact) mass is 479 g/mol. The molecule has 1 unspecified atom stereocenters. The summed E-state index contributed by atoms with van der Waals surface area (Å²) in [7, 11) is 0. The number of likely N-dealkylation sites (tertiary alicyclic amines) is 1. The Morgan fingerprint density at radius 1 is 1.23 bits per heavy atom. The van der Waals surface area contributed by atoms with Crippen molar-refractivity contribution in [2.45, 2.75) is 77.8 Å². The number of benzene rings is 1. The largest absolute Gasteiger partial charge is 0.484 e. The number of carbonyl (C=O) groups is 3. The first kappa shape index (κ1) is 25.2. The average molecular weight is 480 g/mol. The zero-order chi connectivity index (χ0) is 25.2. The second kappa shape index (κ2) is 10.4. The summed E-state index contributed by atoms with van der Waals surface area (Å²) < 4.78 is 5.70. The second-order valence-electron chi connectivity index (χ2n) is 11.4. The van der Waals surface area contributed by atoms with E-state index in [1.54, 1.807) is 4.90 Å². The highest BCUT2D eigenvalue weighted by atomic mass is 16.5. The minimum absolute atomic E-state index is 0.00180. The maximum absolute atomic E-state index is 13.4. The number of Topliss-reactive ketones (excluding diaryl/α,β-unsaturated/α-hetero) is 1. The van der Waals surface area contributed by atoms with E-state index >= 15 is 0 Å². The number of aryl methyl sites for hydroxylation is 1. The molecule has 35 heavy (non-hydrogen) atoms. The van der Waals surface area contributed by atoms with Gasteiger partial charge in [-0.3, -0.25) is 14.4 Å². The highest BCUT2D eigenvalue weighted by Crippen LogP contribution is 2.42. The Labute approximate surface area is 208 Å². The molecular weight excluding hydrogens is 442 g/mol. The average Bonchev–Trinajstić information content (AvgIpc) is 3.40. The van der Waals surface area contributed by atoms with E-state index in [9.17, 15) is 19.6 Å². The molecular formula is C28H37N3O4. The Kier molecular flexibility index (Phi) is 7.49. The van der Waals surface area contributed by atoms with Gasteiger partial charge in [0.05, 0.1) is 6.07 Å². The van der Waals surface area contributed by atoms with Gasteiger partial charge in [-0.25, -0.2) is 0 Å². The van der Waals surface area contributed by atoms with E-state index in [4.69, 9.17) is 4.74 Å². The van der Waals surface area contributed by atoms with Gasteiger partial charge in [-0.05, 0) is 68.4 Å². The molecule has 4 rings (SSSR count). The number of nitrogens with zero attached hydrogens (tertiary/aromatic N) is 2. The molecule has 0 aromatic heterocycles. The van der Waals surface area contributed by atoms with Crippen LogP contribution < -0.4 is 10.1 Å². The molecule has 0 spiro atoms. The Hall–Kier alpha value is -2.88. The number of nitrogens with one attached hydrogen (secondary N) is 1. The van der Waals surface area contributed by atoms with Crippen molar-refractivity contribution in [2.24, 2.45) is 23.2 Å². The first-order valence-electron chi connectivity index (χ1n) is 12.9. The van der Waals surface area contributed by atoms with Gasteiger partial charge in [0.2, 0.25) is 5.91 Å². The maximum atomic E-state index is 13.4. The number of ether oxygens (including phenoxy) is 1. The number of hydrogen-bond acceptors (Lipinski definition) is 5. The van der Waals surface area contributed by atoms with Crippen LogP contribution in [-0.4, -0.2) is 47.7 Å². The van der Waals surface area contributed by atoms with Crippen LogP contribution in [0.25, 0.3) is 0 Å². The standard InChI is InChI=1S/C28H37N3O4/c1-18-7-9-22(10-8-18)35-17-25(33)31-16-20-5-4-6-23(20)26(31)27(34)30-21(15-29)13-19-11-12-28(2,3)14-24(19)32/h7-10,19-21,23,26H,4-6,11-14,16-17H2,1-3H3,(H,30,34)/t19-,20-,21-,23-,26?/m0/s1. The lowest BCUT2D eigenvalue weighted by atomic mass is 9.71. The Morgan fingerprint density at radius 2 is 1.97 bits per heavy atom. The highest BCUT2D eigenvalue weighted by molar-refractivity contribution is 5.90. The van der Waals surface area contributed by atoms with Crippen molar-refractivity contribution in [1.82, 2.24) is 10.2 Å². The van der Waals surface area contributed by atoms with Crippen molar-refractivity contribution in [3.63, 3.8) is 0 Å². The van der Waals surface area contributed by atoms with Gasteiger partial charge < -0.3 is 15.0 Å². The number of ketones is 1. The number of hydrogen-bond donors (Lipinski definition) is 1. The zero-order valence-corrected chi connectivity index (χ0v) is 21.1. The zero-order valence-electron chi connectivity index (χ0n) is 21.1. The fourth-order valence-corrected chi connectivity index (χ4v) is 6.13. The molecule has 7 heteroatoms. The smallest absolute Gasteiger partial charge is 0.261 e. The molecule has 3 fully saturated rings. The first-order chi connectivity index (χ1) is 16.7. The summed E-state index contributed by atoms with van der Waals surface area (Å²) >= 11 is 0. The molecule has 0 bridgehead atoms. The van der Waals surface area contributed by atoms with Gasteiger partial charge in [-0.1, -0.05) is 38.0 Å². The normalized spacial score (nSPS) is 28.2. The SMILES string of the molecule is Cc1ccc(OCC(=O)N2C[C@@H]3CCC[C@@H]3C2C(=O)N[C@H](C#N)C[C@@H]2CCC(C)(C)CC2=O)cc1. The van der Waals surface area contributed by atoms with E-state index < -0.39 is 12.1 Å². The van der Waals surface area contributed by atoms with Crippen molar-refractivity contribution in [3.8, 4) is 11.8 Å². The van der Waals surface area contributed by atoms with Crippen LogP contribution in [0.1, 0.15) is 64.4 Å². The second-order valence-corrected chi connectivity index (χ2v) is 11.4. The van der Waals surface area contributed by atoms with Crippen LogP contribution >= 0.6 is 0 Å². The van der Waals surface area contributed by atoms with Crippen LogP contribution in [0.3, 0.4) is 0 Å². The van der Waals surface area contributed by atoms with Crippen LogP contribution in [0.15, 0.2) is 24.3 Å². The maximum Gasteiger partial charge on any atom is 0.261 e. The molecule has 1 heterocycles. The first-order valence-corrected chi connectivity index (χ1v) is 12.9. The molecule has 7 nitrogen and oxygen atoms in total. The topological polar surface area (TPSA) is 99.5 Å². The van der Waals surface area contributed by atoms with Gasteiger partial charge >= 0.3 is 0 Å². The quantitative estimate of drug-likeness (QED) is 0.641. The van der Waals surface area contributed by atoms with E-state index in [2.05, 4.69) is 25.2 Å². The number of carbonyl (C=O) groups excluding carboxylic acids is 3. The van der Waals surface area contributed by atoms with Crippen molar-refractivity contribution < 1.29 is 19.1 Å². The minimum Gasteiger partial charge on any atom is -0.484 e. The molecule has 188 valence electrons. The molecule has 2 amide bonds. The summed E-state index contributed by atoms with van der Waals surface area (Å²) in [6.45, 7) is 6.60. The van der Waals surface area contributed by atoms with Gasteiger partial charge in [0, 0.05) is 18.9 Å². The van der Waals surface area contributed by atoms with Crippen LogP contribution in [-0.2, 0) is 14.4 Å². The third-order valence-corrected chi connectivity index (χ3v) is 8.13. The molecule has 5 atom stereocenters. The van der Waals surface area contributed by atoms with Crippen LogP contribution in [0.2, 0.25) is 0 Å². The molecule has 3 aliphatic rings. The summed E-state index contributed by atoms with van der Waals surface area (Å²) in [6, 6.07) is 8.38. The molecule has 2 aliphatic carbocycles. The lowest BCUT2D eigenvalue weighted by molar-refractivity contribution is -0.141. The summed E-state index contributed by atoms with van der Waals surface area (Å²) in [5, 5.41) is 12.6. The summed E-state index contributed by atoms with van der Waals surface area (Å²) in [6.07, 6.45) is 5.49. The molecule has 0 radical (unpaired) electrons. The number of fused-ring (bicyclic) bond motifs is 1. The summed E-state index contributed by atoms with van der Waals surface area (Å²) in [5.74, 6) is 0.520. The molecule has 1 N–H and O–H groups in total. The third kappa shape index (κ3) is 5.86. The van der Waals surface area contributed by atoms with E-state index in [0.29, 0.717) is 31.1 Å². The van der Waals surface area contributed by atoms with Gasteiger partial charge in [0.25, 0.3) is 5.91 Å². The Bertz CT molecular complexity index is 996. The van der Waals surface area contributed by atoms with Crippen molar-refractivity contribution in [1.29, 1.82) is 5.26 Å². The van der Waals surface area contributed by atoms with Gasteiger partial charge in [0.1, 0.15) is 23.6 Å². The number of rotatable bonds is 7. The Morgan fingerprint density at radius 3 is 2.66 bits per heavy atom. The molecule has 1 aliphatic heterocycles. The van der Waals surface area contributed by atoms with E-state index in [0.717, 1.165) is 37.7 Å². The molecule has 1 saturated heterocycles. The van der Waals surface area contributed by atoms with Gasteiger partial charge in [-0.15, -0.1) is 0 Å². The fraction of sp³-hybridized carbons (Fsp3) is 0.643. The Balaban J connectivity index is 1.39. The predicted molar refractivity (Wildman–Crippen MR) is 131 cm³/mol. The summed E-state index contributed by atoms with van der Waals surface area (Å²) in [5.41, 5.74) is 1.11. The summed E-state index contributed by atoms with van der Waals surface area (Å²) in [4.78, 5) is 40.8. The van der Waals surface area contributed by atoms with Gasteiger partial charge in [-0.2, -0.15) is 5.26 Å². The highest BCUT2D eigenvalue weighted by Gasteiger charge is 2.49. The lowest BCUT2D eigenvalue weighted by Crippen LogP contribution is -2.52. The van der Waals surface area contributed by atoms with Crippen LogP contribution in [0.4, 0.5) is 0 Å². The number of nitriles is 1. The lowest BCUT2D eigenvalue weighted by Gasteiger charge is -2.34. The van der Waals surface area contributed by atoms with E-state index in [1.807, 2.05) is 31.2 Å². The van der Waals surface area contributed by atoms with E-state index in [-0.39, 0.29) is 41.5 Å². The van der Waals surface area contributed by atoms with Crippen molar-refractivity contribution in [3.05, 3.63) is 29.8 Å². The van der Waals surface area contributed by atoms with Crippen LogP contribution in [0, 0.1) is 41.4 Å². The molecule has 2 saturated carbocycles. The van der Waals surface area contributed by atoms with Crippen molar-refractivity contribution in [2.75, 3.05) is 13.2 Å². The van der Waals surface area contributed by atoms with Crippen molar-refractivity contribution >= 4 is 17.6 Å². The fourth-order valence-electron chi connectivity index (χ4n) is 6.13. The molecule has 1 aromatic rings.